The minimum Gasteiger partial charge on any atom is -0.330 e. The molecule has 2 rings (SSSR count). The van der Waals surface area contributed by atoms with Crippen molar-refractivity contribution in [3.63, 3.8) is 0 Å². The van der Waals surface area contributed by atoms with Crippen LogP contribution in [0.5, 0.6) is 0 Å². The molecular formula is C12H13F4N. The summed E-state index contributed by atoms with van der Waals surface area (Å²) in [5.41, 5.74) is 4.62. The van der Waals surface area contributed by atoms with E-state index in [0.717, 1.165) is 18.9 Å². The third-order valence-corrected chi connectivity index (χ3v) is 3.31. The molecular weight excluding hydrogens is 234 g/mol. The number of hydrogen-bond acceptors (Lipinski definition) is 1. The van der Waals surface area contributed by atoms with Crippen LogP contribution in [0.1, 0.15) is 30.4 Å². The number of alkyl halides is 3. The summed E-state index contributed by atoms with van der Waals surface area (Å²) in [5.74, 6) is -0.835. The van der Waals surface area contributed by atoms with E-state index in [4.69, 9.17) is 5.73 Å². The summed E-state index contributed by atoms with van der Waals surface area (Å²) in [4.78, 5) is 0. The van der Waals surface area contributed by atoms with E-state index in [0.29, 0.717) is 24.6 Å². The van der Waals surface area contributed by atoms with E-state index in [1.807, 2.05) is 0 Å². The van der Waals surface area contributed by atoms with E-state index in [9.17, 15) is 17.6 Å². The van der Waals surface area contributed by atoms with Gasteiger partial charge in [0.15, 0.2) is 0 Å². The maximum atomic E-state index is 13.2. The number of rotatable bonds is 3. The van der Waals surface area contributed by atoms with Gasteiger partial charge in [-0.2, -0.15) is 13.2 Å². The molecule has 1 fully saturated rings. The highest BCUT2D eigenvalue weighted by molar-refractivity contribution is 5.36. The van der Waals surface area contributed by atoms with Gasteiger partial charge in [0, 0.05) is 0 Å². The van der Waals surface area contributed by atoms with Gasteiger partial charge in [0.1, 0.15) is 5.82 Å². The number of nitrogens with two attached hydrogens (primary N) is 1. The number of hydrogen-bond donors (Lipinski definition) is 1. The molecule has 5 heteroatoms. The fourth-order valence-electron chi connectivity index (χ4n) is 2.17. The molecule has 1 saturated carbocycles. The second kappa shape index (κ2) is 3.98. The molecule has 0 atom stereocenters. The van der Waals surface area contributed by atoms with E-state index in [2.05, 4.69) is 0 Å². The van der Waals surface area contributed by atoms with E-state index in [-0.39, 0.29) is 5.41 Å². The Bertz CT molecular complexity index is 421. The summed E-state index contributed by atoms with van der Waals surface area (Å²) in [7, 11) is 0. The molecule has 0 aromatic heterocycles. The highest BCUT2D eigenvalue weighted by Crippen LogP contribution is 2.51. The fraction of sp³-hybridized carbons (Fsp3) is 0.500. The molecule has 1 nitrogen and oxygen atoms in total. The molecule has 0 spiro atoms. The van der Waals surface area contributed by atoms with Gasteiger partial charge in [0.05, 0.1) is 5.56 Å². The Morgan fingerprint density at radius 2 is 1.82 bits per heavy atom. The van der Waals surface area contributed by atoms with Crippen molar-refractivity contribution in [1.29, 1.82) is 0 Å². The zero-order valence-corrected chi connectivity index (χ0v) is 9.15. The number of benzene rings is 1. The van der Waals surface area contributed by atoms with Gasteiger partial charge in [-0.1, -0.05) is 0 Å². The van der Waals surface area contributed by atoms with Crippen LogP contribution < -0.4 is 5.73 Å². The van der Waals surface area contributed by atoms with E-state index in [1.165, 1.54) is 6.07 Å². The minimum absolute atomic E-state index is 0.323. The highest BCUT2D eigenvalue weighted by Gasteiger charge is 2.44. The lowest BCUT2D eigenvalue weighted by molar-refractivity contribution is -0.137. The van der Waals surface area contributed by atoms with Crippen molar-refractivity contribution in [3.05, 3.63) is 35.1 Å². The number of halogens is 4. The van der Waals surface area contributed by atoms with E-state index >= 15 is 0 Å². The molecule has 0 heterocycles. The van der Waals surface area contributed by atoms with Gasteiger partial charge >= 0.3 is 6.18 Å². The smallest absolute Gasteiger partial charge is 0.330 e. The van der Waals surface area contributed by atoms with Crippen molar-refractivity contribution in [2.45, 2.75) is 30.9 Å². The van der Waals surface area contributed by atoms with Crippen LogP contribution in [0.3, 0.4) is 0 Å². The van der Waals surface area contributed by atoms with Gasteiger partial charge in [0.2, 0.25) is 0 Å². The minimum atomic E-state index is -4.50. The molecule has 2 N–H and O–H groups in total. The zero-order valence-electron chi connectivity index (χ0n) is 9.15. The first-order valence-corrected chi connectivity index (χ1v) is 5.46. The molecule has 1 aliphatic rings. The van der Waals surface area contributed by atoms with Crippen LogP contribution in [-0.4, -0.2) is 6.54 Å². The Morgan fingerprint density at radius 3 is 2.29 bits per heavy atom. The molecule has 94 valence electrons. The summed E-state index contributed by atoms with van der Waals surface area (Å²) >= 11 is 0. The van der Waals surface area contributed by atoms with Crippen molar-refractivity contribution in [1.82, 2.24) is 0 Å². The Labute approximate surface area is 96.6 Å². The van der Waals surface area contributed by atoms with Crippen molar-refractivity contribution in [2.75, 3.05) is 6.54 Å². The summed E-state index contributed by atoms with van der Waals surface area (Å²) in [6.45, 7) is 0.401. The average molecular weight is 247 g/mol. The van der Waals surface area contributed by atoms with Gasteiger partial charge < -0.3 is 5.73 Å². The van der Waals surface area contributed by atoms with Crippen molar-refractivity contribution >= 4 is 0 Å². The Kier molecular flexibility index (Phi) is 2.89. The molecule has 0 aliphatic heterocycles. The quantitative estimate of drug-likeness (QED) is 0.815. The van der Waals surface area contributed by atoms with Crippen LogP contribution in [0.15, 0.2) is 18.2 Å². The van der Waals surface area contributed by atoms with Crippen molar-refractivity contribution in [2.24, 2.45) is 5.73 Å². The molecule has 1 aliphatic carbocycles. The van der Waals surface area contributed by atoms with Crippen LogP contribution in [0.25, 0.3) is 0 Å². The predicted octanol–water partition coefficient (Wildman–Crippen LogP) is 3.22. The molecule has 17 heavy (non-hydrogen) atoms. The largest absolute Gasteiger partial charge is 0.416 e. The van der Waals surface area contributed by atoms with E-state index < -0.39 is 17.6 Å². The molecule has 0 radical (unpaired) electrons. The van der Waals surface area contributed by atoms with Gasteiger partial charge in [-0.05, 0) is 55.0 Å². The van der Waals surface area contributed by atoms with Gasteiger partial charge in [0.25, 0.3) is 0 Å². The molecule has 0 saturated heterocycles. The maximum absolute atomic E-state index is 13.2. The second-order valence-corrected chi connectivity index (χ2v) is 4.55. The lowest BCUT2D eigenvalue weighted by Gasteiger charge is -2.17. The Hall–Kier alpha value is -1.10. The summed E-state index contributed by atoms with van der Waals surface area (Å²) in [6.07, 6.45) is -2.33. The zero-order chi connectivity index (χ0) is 12.7. The molecule has 0 unspecified atom stereocenters. The molecule has 0 bridgehead atoms. The lowest BCUT2D eigenvalue weighted by Crippen LogP contribution is -2.15. The summed E-state index contributed by atoms with van der Waals surface area (Å²) < 4.78 is 50.9. The van der Waals surface area contributed by atoms with Gasteiger partial charge in [-0.15, -0.1) is 0 Å². The van der Waals surface area contributed by atoms with E-state index in [1.54, 1.807) is 0 Å². The molecule has 1 aromatic carbocycles. The van der Waals surface area contributed by atoms with Gasteiger partial charge in [-0.25, -0.2) is 4.39 Å². The van der Waals surface area contributed by atoms with Gasteiger partial charge in [-0.3, -0.25) is 0 Å². The standard InChI is InChI=1S/C12H13F4N/c13-10-6-8(11(1-2-11)3-4-17)5-9(7-10)12(14,15)16/h5-7H,1-4,17H2. The first kappa shape index (κ1) is 12.4. The predicted molar refractivity (Wildman–Crippen MR) is 56.0 cm³/mol. The van der Waals surface area contributed by atoms with Crippen LogP contribution in [-0.2, 0) is 11.6 Å². The average Bonchev–Trinajstić information content (AvgIpc) is 2.97. The lowest BCUT2D eigenvalue weighted by atomic mass is 9.91. The fourth-order valence-corrected chi connectivity index (χ4v) is 2.17. The van der Waals surface area contributed by atoms with Crippen LogP contribution in [0.2, 0.25) is 0 Å². The normalized spacial score (nSPS) is 18.2. The maximum Gasteiger partial charge on any atom is 0.416 e. The Balaban J connectivity index is 2.39. The molecule has 1 aromatic rings. The van der Waals surface area contributed by atoms with Crippen LogP contribution in [0, 0.1) is 5.82 Å². The van der Waals surface area contributed by atoms with Crippen LogP contribution in [0.4, 0.5) is 17.6 Å². The van der Waals surface area contributed by atoms with Crippen molar-refractivity contribution in [3.8, 4) is 0 Å². The SMILES string of the molecule is NCCC1(c2cc(F)cc(C(F)(F)F)c2)CC1. The topological polar surface area (TPSA) is 26.0 Å². The summed E-state index contributed by atoms with van der Waals surface area (Å²) in [6, 6.07) is 2.77. The summed E-state index contributed by atoms with van der Waals surface area (Å²) in [5, 5.41) is 0. The van der Waals surface area contributed by atoms with Crippen molar-refractivity contribution < 1.29 is 17.6 Å². The third kappa shape index (κ3) is 2.44. The highest BCUT2D eigenvalue weighted by atomic mass is 19.4. The third-order valence-electron chi connectivity index (χ3n) is 3.31. The monoisotopic (exact) mass is 247 g/mol. The molecule has 0 amide bonds. The first-order valence-electron chi connectivity index (χ1n) is 5.46. The van der Waals surface area contributed by atoms with Crippen LogP contribution >= 0.6 is 0 Å². The Morgan fingerprint density at radius 1 is 1.18 bits per heavy atom. The second-order valence-electron chi connectivity index (χ2n) is 4.55. The first-order chi connectivity index (χ1) is 7.87.